The first-order valence-electron chi connectivity index (χ1n) is 5.46. The lowest BCUT2D eigenvalue weighted by atomic mass is 10.1. The van der Waals surface area contributed by atoms with E-state index in [2.05, 4.69) is 4.72 Å². The number of aliphatic hydroxyl groups is 2. The zero-order valence-corrected chi connectivity index (χ0v) is 11.1. The Morgan fingerprint density at radius 1 is 1.37 bits per heavy atom. The molecule has 1 aromatic carbocycles. The Morgan fingerprint density at radius 3 is 2.42 bits per heavy atom. The summed E-state index contributed by atoms with van der Waals surface area (Å²) in [5.74, 6) is -0.726. The molecule has 1 amide bonds. The summed E-state index contributed by atoms with van der Waals surface area (Å²) >= 11 is 0. The minimum absolute atomic E-state index is 0.104. The fourth-order valence-electron chi connectivity index (χ4n) is 1.45. The molecule has 0 aromatic heterocycles. The van der Waals surface area contributed by atoms with E-state index in [9.17, 15) is 13.2 Å². The molecule has 0 saturated carbocycles. The molecule has 0 fully saturated rings. The third kappa shape index (κ3) is 3.74. The summed E-state index contributed by atoms with van der Waals surface area (Å²) in [4.78, 5) is 11.0. The fraction of sp³-hybridized carbons (Fsp3) is 0.364. The minimum Gasteiger partial charge on any atom is -0.395 e. The van der Waals surface area contributed by atoms with Gasteiger partial charge in [-0.05, 0) is 24.6 Å². The van der Waals surface area contributed by atoms with Gasteiger partial charge in [0, 0.05) is 5.56 Å². The van der Waals surface area contributed by atoms with Gasteiger partial charge < -0.3 is 15.9 Å². The first-order chi connectivity index (χ1) is 8.81. The number of rotatable bonds is 6. The van der Waals surface area contributed by atoms with Crippen LogP contribution in [0.3, 0.4) is 0 Å². The van der Waals surface area contributed by atoms with Gasteiger partial charge in [0.1, 0.15) is 0 Å². The molecule has 0 aliphatic rings. The highest BCUT2D eigenvalue weighted by Crippen LogP contribution is 2.15. The van der Waals surface area contributed by atoms with Crippen LogP contribution in [-0.2, 0) is 10.0 Å². The van der Waals surface area contributed by atoms with E-state index in [1.807, 2.05) is 0 Å². The second kappa shape index (κ2) is 6.11. The molecule has 0 heterocycles. The van der Waals surface area contributed by atoms with Gasteiger partial charge in [0.05, 0.1) is 24.2 Å². The molecule has 8 heteroatoms. The predicted molar refractivity (Wildman–Crippen MR) is 68.0 cm³/mol. The Hall–Kier alpha value is -1.48. The largest absolute Gasteiger partial charge is 0.395 e. The number of hydrogen-bond donors (Lipinski definition) is 4. The highest BCUT2D eigenvalue weighted by Gasteiger charge is 2.20. The van der Waals surface area contributed by atoms with E-state index in [1.54, 1.807) is 6.92 Å². The van der Waals surface area contributed by atoms with Gasteiger partial charge in [-0.3, -0.25) is 4.79 Å². The molecule has 0 saturated heterocycles. The van der Waals surface area contributed by atoms with E-state index in [1.165, 1.54) is 12.1 Å². The highest BCUT2D eigenvalue weighted by atomic mass is 32.2. The molecule has 0 spiro atoms. The molecule has 5 N–H and O–H groups in total. The lowest BCUT2D eigenvalue weighted by Crippen LogP contribution is -2.40. The van der Waals surface area contributed by atoms with Crippen molar-refractivity contribution in [2.24, 2.45) is 5.73 Å². The van der Waals surface area contributed by atoms with Crippen molar-refractivity contribution in [1.82, 2.24) is 4.72 Å². The van der Waals surface area contributed by atoms with Crippen LogP contribution in [0.4, 0.5) is 0 Å². The SMILES string of the molecule is Cc1ccc(S(=O)(=O)NC(CO)CO)cc1C(N)=O. The van der Waals surface area contributed by atoms with E-state index >= 15 is 0 Å². The van der Waals surface area contributed by atoms with Crippen molar-refractivity contribution < 1.29 is 23.4 Å². The average Bonchev–Trinajstić information content (AvgIpc) is 2.35. The summed E-state index contributed by atoms with van der Waals surface area (Å²) < 4.78 is 26.0. The number of carbonyl (C=O) groups is 1. The van der Waals surface area contributed by atoms with E-state index in [0.717, 1.165) is 6.07 Å². The molecule has 1 aromatic rings. The topological polar surface area (TPSA) is 130 Å². The number of aryl methyl sites for hydroxylation is 1. The molecule has 106 valence electrons. The quantitative estimate of drug-likeness (QED) is 0.518. The summed E-state index contributed by atoms with van der Waals surface area (Å²) in [6.45, 7) is 0.558. The average molecular weight is 288 g/mol. The Kier molecular flexibility index (Phi) is 5.01. The number of aliphatic hydroxyl groups excluding tert-OH is 2. The van der Waals surface area contributed by atoms with Crippen LogP contribution in [0.5, 0.6) is 0 Å². The maximum Gasteiger partial charge on any atom is 0.249 e. The van der Waals surface area contributed by atoms with Crippen LogP contribution in [0.2, 0.25) is 0 Å². The van der Waals surface area contributed by atoms with Crippen molar-refractivity contribution in [3.63, 3.8) is 0 Å². The molecule has 0 bridgehead atoms. The maximum atomic E-state index is 12.0. The smallest absolute Gasteiger partial charge is 0.249 e. The third-order valence-corrected chi connectivity index (χ3v) is 4.07. The summed E-state index contributed by atoms with van der Waals surface area (Å²) in [6, 6.07) is 2.94. The van der Waals surface area contributed by atoms with Crippen LogP contribution >= 0.6 is 0 Å². The first kappa shape index (κ1) is 15.6. The summed E-state index contributed by atoms with van der Waals surface area (Å²) in [5, 5.41) is 17.7. The van der Waals surface area contributed by atoms with Crippen molar-refractivity contribution >= 4 is 15.9 Å². The number of nitrogens with two attached hydrogens (primary N) is 1. The van der Waals surface area contributed by atoms with Crippen molar-refractivity contribution in [3.05, 3.63) is 29.3 Å². The Labute approximate surface area is 111 Å². The van der Waals surface area contributed by atoms with E-state index < -0.39 is 35.2 Å². The van der Waals surface area contributed by atoms with Gasteiger partial charge in [-0.25, -0.2) is 13.1 Å². The number of primary amides is 1. The third-order valence-electron chi connectivity index (χ3n) is 2.55. The van der Waals surface area contributed by atoms with Crippen LogP contribution in [-0.4, -0.2) is 43.8 Å². The molecular weight excluding hydrogens is 272 g/mol. The van der Waals surface area contributed by atoms with Crippen molar-refractivity contribution in [2.75, 3.05) is 13.2 Å². The van der Waals surface area contributed by atoms with Crippen LogP contribution in [0.1, 0.15) is 15.9 Å². The lowest BCUT2D eigenvalue weighted by molar-refractivity contribution is 0.0999. The number of sulfonamides is 1. The summed E-state index contributed by atoms with van der Waals surface area (Å²) in [6.07, 6.45) is 0. The normalized spacial score (nSPS) is 11.8. The number of carbonyl (C=O) groups excluding carboxylic acids is 1. The van der Waals surface area contributed by atoms with Crippen molar-refractivity contribution in [3.8, 4) is 0 Å². The van der Waals surface area contributed by atoms with E-state index in [0.29, 0.717) is 5.56 Å². The van der Waals surface area contributed by atoms with E-state index in [-0.39, 0.29) is 10.5 Å². The van der Waals surface area contributed by atoms with Crippen LogP contribution < -0.4 is 10.5 Å². The first-order valence-corrected chi connectivity index (χ1v) is 6.94. The zero-order chi connectivity index (χ0) is 14.6. The maximum absolute atomic E-state index is 12.0. The van der Waals surface area contributed by atoms with Crippen LogP contribution in [0.15, 0.2) is 23.1 Å². The van der Waals surface area contributed by atoms with Crippen LogP contribution in [0.25, 0.3) is 0 Å². The van der Waals surface area contributed by atoms with Gasteiger partial charge in [-0.1, -0.05) is 6.07 Å². The van der Waals surface area contributed by atoms with Crippen LogP contribution in [0, 0.1) is 6.92 Å². The van der Waals surface area contributed by atoms with E-state index in [4.69, 9.17) is 15.9 Å². The van der Waals surface area contributed by atoms with Gasteiger partial charge >= 0.3 is 0 Å². The zero-order valence-electron chi connectivity index (χ0n) is 10.3. The Morgan fingerprint density at radius 2 is 1.95 bits per heavy atom. The molecule has 1 rings (SSSR count). The molecule has 0 aliphatic carbocycles. The van der Waals surface area contributed by atoms with Gasteiger partial charge in [-0.2, -0.15) is 0 Å². The fourth-order valence-corrected chi connectivity index (χ4v) is 2.70. The molecule has 7 nitrogen and oxygen atoms in total. The Balaban J connectivity index is 3.15. The number of benzene rings is 1. The predicted octanol–water partition coefficient (Wildman–Crippen LogP) is -1.27. The molecule has 0 atom stereocenters. The lowest BCUT2D eigenvalue weighted by Gasteiger charge is -2.14. The highest BCUT2D eigenvalue weighted by molar-refractivity contribution is 7.89. The Bertz CT molecular complexity index is 566. The monoisotopic (exact) mass is 288 g/mol. The number of nitrogens with one attached hydrogen (secondary N) is 1. The van der Waals surface area contributed by atoms with Gasteiger partial charge in [0.15, 0.2) is 0 Å². The molecule has 0 radical (unpaired) electrons. The summed E-state index contributed by atoms with van der Waals surface area (Å²) in [7, 11) is -3.93. The number of hydrogen-bond acceptors (Lipinski definition) is 5. The number of amides is 1. The second-order valence-corrected chi connectivity index (χ2v) is 5.74. The van der Waals surface area contributed by atoms with Crippen molar-refractivity contribution in [1.29, 1.82) is 0 Å². The summed E-state index contributed by atoms with van der Waals surface area (Å²) in [5.41, 5.74) is 5.81. The molecular formula is C11H16N2O5S. The molecule has 0 aliphatic heterocycles. The van der Waals surface area contributed by atoms with Gasteiger partial charge in [-0.15, -0.1) is 0 Å². The second-order valence-electron chi connectivity index (χ2n) is 4.02. The molecule has 0 unspecified atom stereocenters. The van der Waals surface area contributed by atoms with Gasteiger partial charge in [0.25, 0.3) is 0 Å². The molecule has 19 heavy (non-hydrogen) atoms. The van der Waals surface area contributed by atoms with Crippen molar-refractivity contribution in [2.45, 2.75) is 17.9 Å². The standard InChI is InChI=1S/C11H16N2O5S/c1-7-2-3-9(4-10(7)11(12)16)19(17,18)13-8(5-14)6-15/h2-4,8,13-15H,5-6H2,1H3,(H2,12,16). The van der Waals surface area contributed by atoms with Gasteiger partial charge in [0.2, 0.25) is 15.9 Å². The minimum atomic E-state index is -3.93.